The van der Waals surface area contributed by atoms with Crippen molar-refractivity contribution in [3.63, 3.8) is 0 Å². The second-order valence-corrected chi connectivity index (χ2v) is 7.07. The molecule has 0 saturated heterocycles. The summed E-state index contributed by atoms with van der Waals surface area (Å²) in [5.41, 5.74) is 1.53. The van der Waals surface area contributed by atoms with Gasteiger partial charge in [-0.2, -0.15) is 0 Å². The molecule has 1 aliphatic heterocycles. The first-order valence-corrected chi connectivity index (χ1v) is 8.92. The predicted octanol–water partition coefficient (Wildman–Crippen LogP) is 4.70. The number of allylic oxidation sites excluding steroid dienone is 1. The summed E-state index contributed by atoms with van der Waals surface area (Å²) in [6.07, 6.45) is 0. The topological polar surface area (TPSA) is 53.2 Å². The van der Waals surface area contributed by atoms with Crippen molar-refractivity contribution in [2.24, 2.45) is 0 Å². The third kappa shape index (κ3) is 4.21. The zero-order valence-corrected chi connectivity index (χ0v) is 16.2. The fourth-order valence-corrected chi connectivity index (χ4v) is 3.52. The second-order valence-electron chi connectivity index (χ2n) is 5.82. The fraction of sp³-hybridized carbons (Fsp3) is 0.111. The van der Waals surface area contributed by atoms with Crippen molar-refractivity contribution in [2.75, 3.05) is 5.32 Å². The molecule has 0 saturated carbocycles. The van der Waals surface area contributed by atoms with Crippen LogP contribution < -0.4 is 16.0 Å². The lowest BCUT2D eigenvalue weighted by atomic mass is 9.95. The largest absolute Gasteiger partial charge is 0.351 e. The van der Waals surface area contributed by atoms with Gasteiger partial charge in [0.25, 0.3) is 5.91 Å². The van der Waals surface area contributed by atoms with Crippen molar-refractivity contribution in [1.29, 1.82) is 0 Å². The van der Waals surface area contributed by atoms with Crippen molar-refractivity contribution in [3.05, 3.63) is 74.9 Å². The Balaban J connectivity index is 1.98. The van der Waals surface area contributed by atoms with Crippen LogP contribution in [0.3, 0.4) is 0 Å². The molecule has 4 nitrogen and oxygen atoms in total. The Morgan fingerprint density at radius 2 is 1.89 bits per heavy atom. The summed E-state index contributed by atoms with van der Waals surface area (Å²) in [5, 5.41) is 9.58. The van der Waals surface area contributed by atoms with E-state index in [9.17, 15) is 13.6 Å². The minimum absolute atomic E-state index is 0.119. The molecule has 0 fully saturated rings. The summed E-state index contributed by atoms with van der Waals surface area (Å²) in [7, 11) is 0. The maximum absolute atomic E-state index is 13.4. The highest BCUT2D eigenvalue weighted by molar-refractivity contribution is 7.80. The van der Waals surface area contributed by atoms with Crippen LogP contribution in [-0.2, 0) is 4.79 Å². The molecule has 140 valence electrons. The first kappa shape index (κ1) is 19.5. The number of benzene rings is 2. The summed E-state index contributed by atoms with van der Waals surface area (Å²) in [6.45, 7) is 1.68. The van der Waals surface area contributed by atoms with Crippen molar-refractivity contribution in [3.8, 4) is 0 Å². The molecule has 1 atom stereocenters. The fourth-order valence-electron chi connectivity index (χ4n) is 2.74. The molecule has 0 bridgehead atoms. The number of halogens is 4. The van der Waals surface area contributed by atoms with E-state index in [1.807, 2.05) is 0 Å². The molecular weight excluding hydrogens is 415 g/mol. The third-order valence-corrected chi connectivity index (χ3v) is 4.75. The Kier molecular flexibility index (Phi) is 5.64. The lowest BCUT2D eigenvalue weighted by molar-refractivity contribution is -0.113. The molecule has 1 heterocycles. The number of rotatable bonds is 3. The number of amides is 1. The maximum atomic E-state index is 13.4. The molecule has 27 heavy (non-hydrogen) atoms. The van der Waals surface area contributed by atoms with Crippen LogP contribution in [-0.4, -0.2) is 11.0 Å². The monoisotopic (exact) mass is 427 g/mol. The highest BCUT2D eigenvalue weighted by Gasteiger charge is 2.31. The van der Waals surface area contributed by atoms with Crippen LogP contribution >= 0.6 is 35.4 Å². The van der Waals surface area contributed by atoms with Crippen molar-refractivity contribution in [2.45, 2.75) is 13.0 Å². The van der Waals surface area contributed by atoms with Gasteiger partial charge in [-0.3, -0.25) is 4.79 Å². The minimum atomic E-state index is -1.06. The van der Waals surface area contributed by atoms with Gasteiger partial charge in [0.15, 0.2) is 16.7 Å². The number of anilines is 1. The first-order chi connectivity index (χ1) is 12.8. The summed E-state index contributed by atoms with van der Waals surface area (Å²) in [6, 6.07) is 7.36. The average Bonchev–Trinajstić information content (AvgIpc) is 2.57. The van der Waals surface area contributed by atoms with E-state index in [2.05, 4.69) is 16.0 Å². The van der Waals surface area contributed by atoms with Crippen molar-refractivity contribution >= 4 is 52.1 Å². The molecule has 3 rings (SSSR count). The van der Waals surface area contributed by atoms with Crippen molar-refractivity contribution in [1.82, 2.24) is 10.6 Å². The molecule has 1 aliphatic rings. The molecule has 0 aromatic heterocycles. The van der Waals surface area contributed by atoms with E-state index in [0.29, 0.717) is 32.0 Å². The van der Waals surface area contributed by atoms with Gasteiger partial charge in [0, 0.05) is 27.5 Å². The van der Waals surface area contributed by atoms with Gasteiger partial charge in [0.1, 0.15) is 0 Å². The third-order valence-electron chi connectivity index (χ3n) is 3.96. The van der Waals surface area contributed by atoms with Crippen LogP contribution in [0.1, 0.15) is 18.5 Å². The van der Waals surface area contributed by atoms with E-state index in [1.54, 1.807) is 25.1 Å². The predicted molar refractivity (Wildman–Crippen MR) is 106 cm³/mol. The molecule has 0 aliphatic carbocycles. The molecule has 3 N–H and O–H groups in total. The Morgan fingerprint density at radius 1 is 1.15 bits per heavy atom. The number of carbonyl (C=O) groups excluding carboxylic acids is 1. The van der Waals surface area contributed by atoms with Gasteiger partial charge < -0.3 is 16.0 Å². The van der Waals surface area contributed by atoms with Gasteiger partial charge in [-0.25, -0.2) is 8.78 Å². The highest BCUT2D eigenvalue weighted by atomic mass is 35.5. The smallest absolute Gasteiger partial charge is 0.255 e. The SMILES string of the molecule is CC1=C(C(=O)Nc2ccc(F)c(F)c2)C(c2ccc(Cl)cc2Cl)NC(=S)N1. The molecule has 1 amide bonds. The van der Waals surface area contributed by atoms with E-state index < -0.39 is 23.6 Å². The normalized spacial score (nSPS) is 16.6. The van der Waals surface area contributed by atoms with Crippen LogP contribution in [0.4, 0.5) is 14.5 Å². The molecule has 2 aromatic carbocycles. The van der Waals surface area contributed by atoms with E-state index in [-0.39, 0.29) is 5.69 Å². The van der Waals surface area contributed by atoms with Gasteiger partial charge in [-0.1, -0.05) is 29.3 Å². The lowest BCUT2D eigenvalue weighted by Gasteiger charge is -2.31. The quantitative estimate of drug-likeness (QED) is 0.621. The second kappa shape index (κ2) is 7.80. The van der Waals surface area contributed by atoms with Crippen LogP contribution in [0, 0.1) is 11.6 Å². The van der Waals surface area contributed by atoms with E-state index >= 15 is 0 Å². The summed E-state index contributed by atoms with van der Waals surface area (Å²) in [5.74, 6) is -2.57. The maximum Gasteiger partial charge on any atom is 0.255 e. The van der Waals surface area contributed by atoms with Crippen LogP contribution in [0.15, 0.2) is 47.7 Å². The van der Waals surface area contributed by atoms with Crippen LogP contribution in [0.5, 0.6) is 0 Å². The Hall–Kier alpha value is -2.22. The molecule has 2 aromatic rings. The number of hydrogen-bond acceptors (Lipinski definition) is 2. The van der Waals surface area contributed by atoms with E-state index in [4.69, 9.17) is 35.4 Å². The number of hydrogen-bond donors (Lipinski definition) is 3. The molecular formula is C18H13Cl2F2N3OS. The Bertz CT molecular complexity index is 981. The van der Waals surface area contributed by atoms with Crippen LogP contribution in [0.25, 0.3) is 0 Å². The molecule has 0 spiro atoms. The first-order valence-electron chi connectivity index (χ1n) is 7.76. The number of thiocarbonyl (C=S) groups is 1. The number of carbonyl (C=O) groups is 1. The van der Waals surface area contributed by atoms with Crippen LogP contribution in [0.2, 0.25) is 10.0 Å². The summed E-state index contributed by atoms with van der Waals surface area (Å²) < 4.78 is 26.5. The summed E-state index contributed by atoms with van der Waals surface area (Å²) in [4.78, 5) is 12.9. The summed E-state index contributed by atoms with van der Waals surface area (Å²) >= 11 is 17.4. The average molecular weight is 428 g/mol. The van der Waals surface area contributed by atoms with Gasteiger partial charge >= 0.3 is 0 Å². The molecule has 9 heteroatoms. The van der Waals surface area contributed by atoms with Crippen molar-refractivity contribution < 1.29 is 13.6 Å². The standard InChI is InChI=1S/C18H13Cl2F2N3OS/c1-8-15(17(26)24-10-3-5-13(21)14(22)7-10)16(25-18(27)23-8)11-4-2-9(19)6-12(11)20/h2-7,16H,1H3,(H,24,26)(H2,23,25,27). The Labute approximate surface area is 169 Å². The molecule has 1 unspecified atom stereocenters. The Morgan fingerprint density at radius 3 is 2.56 bits per heavy atom. The number of nitrogens with one attached hydrogen (secondary N) is 3. The van der Waals surface area contributed by atoms with E-state index in [0.717, 1.165) is 12.1 Å². The zero-order chi connectivity index (χ0) is 19.7. The minimum Gasteiger partial charge on any atom is -0.351 e. The van der Waals surface area contributed by atoms with Gasteiger partial charge in [-0.05, 0) is 49.0 Å². The zero-order valence-electron chi connectivity index (χ0n) is 13.9. The van der Waals surface area contributed by atoms with Gasteiger partial charge in [0.2, 0.25) is 0 Å². The molecule has 0 radical (unpaired) electrons. The highest BCUT2D eigenvalue weighted by Crippen LogP contribution is 2.33. The lowest BCUT2D eigenvalue weighted by Crippen LogP contribution is -2.45. The van der Waals surface area contributed by atoms with Gasteiger partial charge in [-0.15, -0.1) is 0 Å². The van der Waals surface area contributed by atoms with Gasteiger partial charge in [0.05, 0.1) is 11.6 Å². The van der Waals surface area contributed by atoms with E-state index in [1.165, 1.54) is 6.07 Å².